The fraction of sp³-hybridized carbons (Fsp3) is 0.727. The number of carbonyl (C=O) groups is 1. The minimum Gasteiger partial charge on any atom is -0.339 e. The SMILES string of the molecule is CN1CCCC(Cc2noc(CC=O)n2)C1. The van der Waals surface area contributed by atoms with Gasteiger partial charge in [0.15, 0.2) is 5.82 Å². The molecule has 1 aliphatic heterocycles. The minimum atomic E-state index is 0.220. The smallest absolute Gasteiger partial charge is 0.233 e. The summed E-state index contributed by atoms with van der Waals surface area (Å²) in [4.78, 5) is 16.8. The summed E-state index contributed by atoms with van der Waals surface area (Å²) in [5, 5.41) is 3.89. The van der Waals surface area contributed by atoms with Crippen molar-refractivity contribution in [1.29, 1.82) is 0 Å². The summed E-state index contributed by atoms with van der Waals surface area (Å²) >= 11 is 0. The number of aromatic nitrogens is 2. The van der Waals surface area contributed by atoms with Crippen LogP contribution in [0.15, 0.2) is 4.52 Å². The first kappa shape index (κ1) is 11.3. The summed E-state index contributed by atoms with van der Waals surface area (Å²) in [6, 6.07) is 0. The van der Waals surface area contributed by atoms with E-state index in [0.717, 1.165) is 25.1 Å². The molecule has 0 spiro atoms. The van der Waals surface area contributed by atoms with Crippen LogP contribution in [0.25, 0.3) is 0 Å². The van der Waals surface area contributed by atoms with Gasteiger partial charge in [-0.1, -0.05) is 5.16 Å². The molecular formula is C11H17N3O2. The molecule has 0 aliphatic carbocycles. The van der Waals surface area contributed by atoms with Gasteiger partial charge in [0, 0.05) is 13.0 Å². The van der Waals surface area contributed by atoms with E-state index in [0.29, 0.717) is 11.8 Å². The third-order valence-electron chi connectivity index (χ3n) is 2.96. The van der Waals surface area contributed by atoms with Crippen molar-refractivity contribution in [1.82, 2.24) is 15.0 Å². The molecule has 0 N–H and O–H groups in total. The van der Waals surface area contributed by atoms with E-state index in [-0.39, 0.29) is 6.42 Å². The first-order valence-corrected chi connectivity index (χ1v) is 5.71. The molecule has 0 saturated carbocycles. The zero-order valence-corrected chi connectivity index (χ0v) is 9.56. The normalized spacial score (nSPS) is 22.2. The van der Waals surface area contributed by atoms with Gasteiger partial charge in [-0.25, -0.2) is 0 Å². The van der Waals surface area contributed by atoms with Crippen molar-refractivity contribution in [3.05, 3.63) is 11.7 Å². The molecular weight excluding hydrogens is 206 g/mol. The maximum absolute atomic E-state index is 10.3. The summed E-state index contributed by atoms with van der Waals surface area (Å²) in [7, 11) is 2.14. The Morgan fingerprint density at radius 1 is 1.62 bits per heavy atom. The van der Waals surface area contributed by atoms with Crippen LogP contribution >= 0.6 is 0 Å². The summed E-state index contributed by atoms with van der Waals surface area (Å²) in [5.74, 6) is 1.77. The molecule has 5 nitrogen and oxygen atoms in total. The Bertz CT molecular complexity index is 351. The van der Waals surface area contributed by atoms with Crippen molar-refractivity contribution in [2.45, 2.75) is 25.7 Å². The Balaban J connectivity index is 1.89. The Kier molecular flexibility index (Phi) is 3.66. The summed E-state index contributed by atoms with van der Waals surface area (Å²) in [6.07, 6.45) is 4.32. The van der Waals surface area contributed by atoms with Crippen molar-refractivity contribution in [3.8, 4) is 0 Å². The van der Waals surface area contributed by atoms with Crippen LogP contribution in [0.1, 0.15) is 24.6 Å². The third kappa shape index (κ3) is 2.88. The lowest BCUT2D eigenvalue weighted by molar-refractivity contribution is -0.107. The van der Waals surface area contributed by atoms with Crippen LogP contribution in [-0.2, 0) is 17.6 Å². The molecule has 1 saturated heterocycles. The van der Waals surface area contributed by atoms with Gasteiger partial charge < -0.3 is 14.2 Å². The van der Waals surface area contributed by atoms with E-state index in [1.807, 2.05) is 0 Å². The molecule has 2 rings (SSSR count). The zero-order valence-electron chi connectivity index (χ0n) is 9.56. The highest BCUT2D eigenvalue weighted by Crippen LogP contribution is 2.18. The van der Waals surface area contributed by atoms with Crippen LogP contribution in [0.5, 0.6) is 0 Å². The number of carbonyl (C=O) groups excluding carboxylic acids is 1. The van der Waals surface area contributed by atoms with E-state index < -0.39 is 0 Å². The molecule has 1 fully saturated rings. The van der Waals surface area contributed by atoms with Crippen LogP contribution in [0.2, 0.25) is 0 Å². The highest BCUT2D eigenvalue weighted by molar-refractivity contribution is 5.52. The fourth-order valence-corrected chi connectivity index (χ4v) is 2.23. The maximum Gasteiger partial charge on any atom is 0.233 e. The van der Waals surface area contributed by atoms with Gasteiger partial charge in [-0.3, -0.25) is 0 Å². The number of hydrogen-bond donors (Lipinski definition) is 0. The lowest BCUT2D eigenvalue weighted by atomic mass is 9.95. The van der Waals surface area contributed by atoms with Gasteiger partial charge in [0.1, 0.15) is 6.29 Å². The van der Waals surface area contributed by atoms with Crippen molar-refractivity contribution in [2.75, 3.05) is 20.1 Å². The van der Waals surface area contributed by atoms with Crippen molar-refractivity contribution in [2.24, 2.45) is 5.92 Å². The molecule has 16 heavy (non-hydrogen) atoms. The first-order valence-electron chi connectivity index (χ1n) is 5.71. The lowest BCUT2D eigenvalue weighted by Gasteiger charge is -2.28. The summed E-state index contributed by atoms with van der Waals surface area (Å²) in [6.45, 7) is 2.27. The summed E-state index contributed by atoms with van der Waals surface area (Å²) in [5.41, 5.74) is 0. The van der Waals surface area contributed by atoms with Crippen LogP contribution < -0.4 is 0 Å². The molecule has 0 aromatic carbocycles. The molecule has 1 atom stereocenters. The number of likely N-dealkylation sites (tertiary alicyclic amines) is 1. The second kappa shape index (κ2) is 5.21. The van der Waals surface area contributed by atoms with E-state index in [1.54, 1.807) is 0 Å². The van der Waals surface area contributed by atoms with Crippen LogP contribution in [0.3, 0.4) is 0 Å². The largest absolute Gasteiger partial charge is 0.339 e. The van der Waals surface area contributed by atoms with Gasteiger partial charge in [-0.15, -0.1) is 0 Å². The standard InChI is InChI=1S/C11H17N3O2/c1-14-5-2-3-9(8-14)7-10-12-11(4-6-15)16-13-10/h6,9H,2-5,7-8H2,1H3. The highest BCUT2D eigenvalue weighted by atomic mass is 16.5. The number of aldehydes is 1. The maximum atomic E-state index is 10.3. The molecule has 5 heteroatoms. The number of nitrogens with zero attached hydrogens (tertiary/aromatic N) is 3. The molecule has 0 bridgehead atoms. The van der Waals surface area contributed by atoms with Gasteiger partial charge in [0.05, 0.1) is 6.42 Å². The Morgan fingerprint density at radius 2 is 2.50 bits per heavy atom. The van der Waals surface area contributed by atoms with E-state index in [2.05, 4.69) is 22.1 Å². The lowest BCUT2D eigenvalue weighted by Crippen LogP contribution is -2.33. The summed E-state index contributed by atoms with van der Waals surface area (Å²) < 4.78 is 4.97. The number of rotatable bonds is 4. The highest BCUT2D eigenvalue weighted by Gasteiger charge is 2.19. The van der Waals surface area contributed by atoms with Gasteiger partial charge >= 0.3 is 0 Å². The predicted molar refractivity (Wildman–Crippen MR) is 58.0 cm³/mol. The van der Waals surface area contributed by atoms with Gasteiger partial charge in [0.2, 0.25) is 5.89 Å². The second-order valence-electron chi connectivity index (χ2n) is 4.45. The zero-order chi connectivity index (χ0) is 11.4. The molecule has 0 amide bonds. The number of piperidine rings is 1. The van der Waals surface area contributed by atoms with Crippen LogP contribution in [0, 0.1) is 5.92 Å². The van der Waals surface area contributed by atoms with Crippen LogP contribution in [-0.4, -0.2) is 41.5 Å². The molecule has 2 heterocycles. The third-order valence-corrected chi connectivity index (χ3v) is 2.96. The quantitative estimate of drug-likeness (QED) is 0.703. The molecule has 1 aromatic rings. The first-order chi connectivity index (χ1) is 7.78. The van der Waals surface area contributed by atoms with Crippen molar-refractivity contribution in [3.63, 3.8) is 0 Å². The van der Waals surface area contributed by atoms with Crippen LogP contribution in [0.4, 0.5) is 0 Å². The molecule has 0 radical (unpaired) electrons. The van der Waals surface area contributed by atoms with E-state index in [1.165, 1.54) is 19.4 Å². The van der Waals surface area contributed by atoms with Gasteiger partial charge in [-0.2, -0.15) is 4.98 Å². The topological polar surface area (TPSA) is 59.2 Å². The van der Waals surface area contributed by atoms with Crippen molar-refractivity contribution >= 4 is 6.29 Å². The van der Waals surface area contributed by atoms with Gasteiger partial charge in [0.25, 0.3) is 0 Å². The molecule has 88 valence electrons. The Labute approximate surface area is 94.8 Å². The Hall–Kier alpha value is -1.23. The second-order valence-corrected chi connectivity index (χ2v) is 4.45. The van der Waals surface area contributed by atoms with Crippen molar-refractivity contribution < 1.29 is 9.32 Å². The molecule has 1 aliphatic rings. The predicted octanol–water partition coefficient (Wildman–Crippen LogP) is 0.695. The van der Waals surface area contributed by atoms with Gasteiger partial charge in [-0.05, 0) is 32.4 Å². The van der Waals surface area contributed by atoms with E-state index in [9.17, 15) is 4.79 Å². The average molecular weight is 223 g/mol. The van der Waals surface area contributed by atoms with E-state index >= 15 is 0 Å². The monoisotopic (exact) mass is 223 g/mol. The number of hydrogen-bond acceptors (Lipinski definition) is 5. The molecule has 1 unspecified atom stereocenters. The Morgan fingerprint density at radius 3 is 3.25 bits per heavy atom. The fourth-order valence-electron chi connectivity index (χ4n) is 2.23. The molecule has 1 aromatic heterocycles. The minimum absolute atomic E-state index is 0.220. The van der Waals surface area contributed by atoms with E-state index in [4.69, 9.17) is 4.52 Å². The average Bonchev–Trinajstić information content (AvgIpc) is 2.66.